The first kappa shape index (κ1) is 26.5. The van der Waals surface area contributed by atoms with Gasteiger partial charge in [0.25, 0.3) is 0 Å². The largest absolute Gasteiger partial charge is 0.450 e. The smallest absolute Gasteiger partial charge is 0.416 e. The van der Waals surface area contributed by atoms with Crippen molar-refractivity contribution in [3.05, 3.63) is 53.6 Å². The number of carbonyl (C=O) groups excluding carboxylic acids is 2. The number of fused-ring (bicyclic) bond motifs is 2. The van der Waals surface area contributed by atoms with E-state index in [1.807, 2.05) is 24.0 Å². The Morgan fingerprint density at radius 2 is 1.66 bits per heavy atom. The fourth-order valence-electron chi connectivity index (χ4n) is 6.44. The Kier molecular flexibility index (Phi) is 7.15. The monoisotopic (exact) mass is 529 g/mol. The number of likely N-dealkylation sites (tertiary alicyclic amines) is 2. The van der Waals surface area contributed by atoms with Crippen molar-refractivity contribution in [2.45, 2.75) is 57.2 Å². The van der Waals surface area contributed by atoms with E-state index in [-0.39, 0.29) is 17.4 Å². The highest BCUT2D eigenvalue weighted by Gasteiger charge is 2.47. The lowest BCUT2D eigenvalue weighted by molar-refractivity contribution is -0.137. The Labute approximate surface area is 221 Å². The maximum absolute atomic E-state index is 13.1. The van der Waals surface area contributed by atoms with Crippen molar-refractivity contribution in [2.75, 3.05) is 44.2 Å². The van der Waals surface area contributed by atoms with Gasteiger partial charge in [-0.05, 0) is 69.0 Å². The fraction of sp³-hybridized carbons (Fsp3) is 0.517. The van der Waals surface area contributed by atoms with Gasteiger partial charge >= 0.3 is 12.3 Å². The lowest BCUT2D eigenvalue weighted by Crippen LogP contribution is -2.52. The molecule has 38 heavy (non-hydrogen) atoms. The van der Waals surface area contributed by atoms with Crippen molar-refractivity contribution < 1.29 is 27.5 Å². The van der Waals surface area contributed by atoms with E-state index in [9.17, 15) is 22.8 Å². The van der Waals surface area contributed by atoms with Crippen molar-refractivity contribution >= 4 is 17.7 Å². The fourth-order valence-corrected chi connectivity index (χ4v) is 6.44. The highest BCUT2D eigenvalue weighted by Crippen LogP contribution is 2.51. The SMILES string of the molecule is CCOC(=O)N1CCC(N2CCC3(CC2)CN(C(C)=O)c2c(-c4ccc(C(F)(F)F)cc4)cccc23)CC1. The third-order valence-corrected chi connectivity index (χ3v) is 8.50. The molecular weight excluding hydrogens is 495 g/mol. The van der Waals surface area contributed by atoms with Gasteiger partial charge < -0.3 is 19.4 Å². The summed E-state index contributed by atoms with van der Waals surface area (Å²) in [6, 6.07) is 11.5. The summed E-state index contributed by atoms with van der Waals surface area (Å²) in [6.07, 6.45) is -0.994. The van der Waals surface area contributed by atoms with Crippen LogP contribution in [0.3, 0.4) is 0 Å². The molecule has 3 heterocycles. The molecule has 6 nitrogen and oxygen atoms in total. The molecule has 0 atom stereocenters. The molecule has 3 aliphatic heterocycles. The van der Waals surface area contributed by atoms with Gasteiger partial charge in [-0.25, -0.2) is 4.79 Å². The van der Waals surface area contributed by atoms with Gasteiger partial charge in [0.2, 0.25) is 5.91 Å². The minimum Gasteiger partial charge on any atom is -0.450 e. The summed E-state index contributed by atoms with van der Waals surface area (Å²) < 4.78 is 44.5. The number of hydrogen-bond donors (Lipinski definition) is 0. The van der Waals surface area contributed by atoms with Crippen LogP contribution in [0.25, 0.3) is 11.1 Å². The Morgan fingerprint density at radius 3 is 2.24 bits per heavy atom. The van der Waals surface area contributed by atoms with Gasteiger partial charge in [-0.3, -0.25) is 4.79 Å². The number of benzene rings is 2. The van der Waals surface area contributed by atoms with Crippen LogP contribution in [0.1, 0.15) is 50.7 Å². The maximum atomic E-state index is 13.1. The van der Waals surface area contributed by atoms with Gasteiger partial charge in [-0.1, -0.05) is 30.3 Å². The standard InChI is InChI=1S/C29H34F3N3O3/c1-3-38-27(37)34-15-11-23(12-16-34)33-17-13-28(14-18-33)19-35(20(2)36)26-24(5-4-6-25(26)28)21-7-9-22(10-8-21)29(30,31)32/h4-10,23H,3,11-19H2,1-2H3. The van der Waals surface area contributed by atoms with E-state index < -0.39 is 11.7 Å². The number of alkyl halides is 3. The number of halogens is 3. The first-order chi connectivity index (χ1) is 18.1. The zero-order chi connectivity index (χ0) is 27.1. The molecule has 0 N–H and O–H groups in total. The third kappa shape index (κ3) is 4.88. The maximum Gasteiger partial charge on any atom is 0.416 e. The molecule has 2 amide bonds. The molecular formula is C29H34F3N3O3. The van der Waals surface area contributed by atoms with Crippen LogP contribution in [0.15, 0.2) is 42.5 Å². The molecule has 0 unspecified atom stereocenters. The summed E-state index contributed by atoms with van der Waals surface area (Å²) in [5.41, 5.74) is 2.54. The molecule has 204 valence electrons. The average molecular weight is 530 g/mol. The number of hydrogen-bond acceptors (Lipinski definition) is 4. The van der Waals surface area contributed by atoms with E-state index in [4.69, 9.17) is 4.74 Å². The van der Waals surface area contributed by atoms with E-state index >= 15 is 0 Å². The van der Waals surface area contributed by atoms with E-state index in [1.165, 1.54) is 12.1 Å². The second-order valence-electron chi connectivity index (χ2n) is 10.6. The Bertz CT molecular complexity index is 1180. The Balaban J connectivity index is 1.35. The summed E-state index contributed by atoms with van der Waals surface area (Å²) >= 11 is 0. The van der Waals surface area contributed by atoms with E-state index in [0.717, 1.165) is 67.7 Å². The minimum atomic E-state index is -4.39. The topological polar surface area (TPSA) is 53.1 Å². The highest BCUT2D eigenvalue weighted by atomic mass is 19.4. The van der Waals surface area contributed by atoms with Crippen LogP contribution in [0.4, 0.5) is 23.7 Å². The first-order valence-corrected chi connectivity index (χ1v) is 13.4. The van der Waals surface area contributed by atoms with Gasteiger partial charge in [0.05, 0.1) is 17.9 Å². The summed E-state index contributed by atoms with van der Waals surface area (Å²) in [7, 11) is 0. The van der Waals surface area contributed by atoms with Crippen molar-refractivity contribution in [3.8, 4) is 11.1 Å². The van der Waals surface area contributed by atoms with Crippen LogP contribution in [-0.2, 0) is 21.1 Å². The van der Waals surface area contributed by atoms with Gasteiger partial charge in [0, 0.05) is 43.6 Å². The highest BCUT2D eigenvalue weighted by molar-refractivity contribution is 6.00. The summed E-state index contributed by atoms with van der Waals surface area (Å²) in [6.45, 7) is 7.54. The van der Waals surface area contributed by atoms with E-state index in [0.29, 0.717) is 37.8 Å². The van der Waals surface area contributed by atoms with Gasteiger partial charge in [0.1, 0.15) is 0 Å². The second kappa shape index (κ2) is 10.2. The summed E-state index contributed by atoms with van der Waals surface area (Å²) in [5.74, 6) is -0.0590. The predicted molar refractivity (Wildman–Crippen MR) is 139 cm³/mol. The summed E-state index contributed by atoms with van der Waals surface area (Å²) in [4.78, 5) is 30.9. The molecule has 2 aromatic rings. The predicted octanol–water partition coefficient (Wildman–Crippen LogP) is 5.69. The van der Waals surface area contributed by atoms with Crippen molar-refractivity contribution in [2.24, 2.45) is 0 Å². The van der Waals surface area contributed by atoms with Crippen molar-refractivity contribution in [1.29, 1.82) is 0 Å². The van der Waals surface area contributed by atoms with Crippen LogP contribution < -0.4 is 4.90 Å². The van der Waals surface area contributed by atoms with Gasteiger partial charge in [-0.15, -0.1) is 0 Å². The normalized spacial score (nSPS) is 20.0. The van der Waals surface area contributed by atoms with Crippen molar-refractivity contribution in [1.82, 2.24) is 9.80 Å². The lowest BCUT2D eigenvalue weighted by Gasteiger charge is -2.45. The summed E-state index contributed by atoms with van der Waals surface area (Å²) in [5, 5.41) is 0. The van der Waals surface area contributed by atoms with Crippen LogP contribution in [-0.4, -0.2) is 67.2 Å². The number of piperidine rings is 2. The molecule has 9 heteroatoms. The molecule has 0 bridgehead atoms. The number of rotatable bonds is 3. The minimum absolute atomic E-state index is 0.0590. The number of carbonyl (C=O) groups is 2. The van der Waals surface area contributed by atoms with Crippen LogP contribution in [0.2, 0.25) is 0 Å². The number of nitrogens with zero attached hydrogens (tertiary/aromatic N) is 3. The number of ether oxygens (including phenoxy) is 1. The van der Waals surface area contributed by atoms with Gasteiger partial charge in [-0.2, -0.15) is 13.2 Å². The molecule has 5 rings (SSSR count). The number of para-hydroxylation sites is 1. The molecule has 1 spiro atoms. The quantitative estimate of drug-likeness (QED) is 0.513. The molecule has 2 fully saturated rings. The molecule has 2 saturated heterocycles. The van der Waals surface area contributed by atoms with Crippen LogP contribution >= 0.6 is 0 Å². The average Bonchev–Trinajstić information content (AvgIpc) is 3.23. The zero-order valence-corrected chi connectivity index (χ0v) is 21.9. The second-order valence-corrected chi connectivity index (χ2v) is 10.6. The molecule has 0 aliphatic carbocycles. The molecule has 0 radical (unpaired) electrons. The molecule has 3 aliphatic rings. The first-order valence-electron chi connectivity index (χ1n) is 13.4. The van der Waals surface area contributed by atoms with E-state index in [1.54, 1.807) is 11.8 Å². The Hall–Kier alpha value is -3.07. The number of amides is 2. The molecule has 0 saturated carbocycles. The Morgan fingerprint density at radius 1 is 1.00 bits per heavy atom. The number of anilines is 1. The van der Waals surface area contributed by atoms with Crippen molar-refractivity contribution in [3.63, 3.8) is 0 Å². The van der Waals surface area contributed by atoms with Crippen LogP contribution in [0.5, 0.6) is 0 Å². The lowest BCUT2D eigenvalue weighted by atomic mass is 9.73. The molecule has 2 aromatic carbocycles. The molecule has 0 aromatic heterocycles. The van der Waals surface area contributed by atoms with Gasteiger partial charge in [0.15, 0.2) is 0 Å². The zero-order valence-electron chi connectivity index (χ0n) is 21.9. The van der Waals surface area contributed by atoms with E-state index in [2.05, 4.69) is 11.0 Å². The third-order valence-electron chi connectivity index (χ3n) is 8.50. The van der Waals surface area contributed by atoms with Crippen LogP contribution in [0, 0.1) is 0 Å².